The first-order valence-electron chi connectivity index (χ1n) is 2.98. The molecule has 4 heteroatoms. The number of hydrazine groups is 1. The summed E-state index contributed by atoms with van der Waals surface area (Å²) in [6, 6.07) is 8.35. The normalized spacial score (nSPS) is 8.73. The third kappa shape index (κ3) is 1.92. The largest absolute Gasteiger partial charge is 0.295 e. The summed E-state index contributed by atoms with van der Waals surface area (Å²) < 4.78 is 11.4. The second-order valence-corrected chi connectivity index (χ2v) is 1.91. The molecule has 0 aliphatic carbocycles. The van der Waals surface area contributed by atoms with Crippen molar-refractivity contribution in [3.8, 4) is 6.07 Å². The Balaban J connectivity index is 2.76. The molecule has 3 nitrogen and oxygen atoms in total. The van der Waals surface area contributed by atoms with E-state index in [4.69, 9.17) is 5.26 Å². The molecule has 56 valence electrons. The number of nitriles is 1. The number of nitrogens with one attached hydrogen (secondary N) is 2. The van der Waals surface area contributed by atoms with E-state index >= 15 is 0 Å². The van der Waals surface area contributed by atoms with Gasteiger partial charge in [-0.1, -0.05) is 5.65 Å². The van der Waals surface area contributed by atoms with Crippen molar-refractivity contribution in [2.24, 2.45) is 0 Å². The zero-order valence-electron chi connectivity index (χ0n) is 5.63. The summed E-state index contributed by atoms with van der Waals surface area (Å²) in [5, 5.41) is 8.40. The minimum absolute atomic E-state index is 0.550. The highest BCUT2D eigenvalue weighted by Gasteiger charge is 1.90. The Morgan fingerprint density at radius 3 is 2.36 bits per heavy atom. The van der Waals surface area contributed by atoms with Gasteiger partial charge in [0.2, 0.25) is 0 Å². The fourth-order valence-electron chi connectivity index (χ4n) is 0.683. The van der Waals surface area contributed by atoms with Crippen molar-refractivity contribution >= 4 is 5.69 Å². The molecule has 0 bridgehead atoms. The molecule has 0 amide bonds. The standard InChI is InChI=1S/C7H6FN3/c8-11-10-7-3-1-6(5-9)2-4-7/h1-4,10-11H. The molecule has 0 aliphatic heterocycles. The third-order valence-corrected chi connectivity index (χ3v) is 1.21. The predicted molar refractivity (Wildman–Crippen MR) is 39.0 cm³/mol. The molecule has 0 atom stereocenters. The first kappa shape index (κ1) is 7.51. The van der Waals surface area contributed by atoms with Crippen LogP contribution in [0.25, 0.3) is 0 Å². The van der Waals surface area contributed by atoms with E-state index < -0.39 is 0 Å². The molecular formula is C7H6FN3. The molecule has 0 aliphatic rings. The maximum atomic E-state index is 11.4. The lowest BCUT2D eigenvalue weighted by Gasteiger charge is -1.99. The maximum Gasteiger partial charge on any atom is 0.0991 e. The monoisotopic (exact) mass is 151 g/mol. The zero-order valence-corrected chi connectivity index (χ0v) is 5.63. The first-order valence-corrected chi connectivity index (χ1v) is 2.98. The number of anilines is 1. The van der Waals surface area contributed by atoms with Crippen molar-refractivity contribution in [3.05, 3.63) is 29.8 Å². The molecule has 0 heterocycles. The van der Waals surface area contributed by atoms with Gasteiger partial charge in [-0.05, 0) is 24.3 Å². The van der Waals surface area contributed by atoms with Crippen molar-refractivity contribution in [2.45, 2.75) is 0 Å². The average Bonchev–Trinajstić information content (AvgIpc) is 2.07. The van der Waals surface area contributed by atoms with Gasteiger partial charge in [-0.25, -0.2) is 0 Å². The second-order valence-electron chi connectivity index (χ2n) is 1.91. The number of halogens is 1. The highest BCUT2D eigenvalue weighted by molar-refractivity contribution is 5.46. The van der Waals surface area contributed by atoms with Gasteiger partial charge >= 0.3 is 0 Å². The molecule has 1 rings (SSSR count). The predicted octanol–water partition coefficient (Wildman–Crippen LogP) is 1.36. The van der Waals surface area contributed by atoms with Crippen LogP contribution < -0.4 is 11.1 Å². The summed E-state index contributed by atoms with van der Waals surface area (Å²) in [5.74, 6) is 0. The Kier molecular flexibility index (Phi) is 2.42. The van der Waals surface area contributed by atoms with Crippen molar-refractivity contribution < 1.29 is 4.48 Å². The molecule has 1 aromatic carbocycles. The van der Waals surface area contributed by atoms with Crippen LogP contribution in [-0.4, -0.2) is 0 Å². The van der Waals surface area contributed by atoms with Crippen LogP contribution in [0.4, 0.5) is 10.2 Å². The average molecular weight is 151 g/mol. The number of nitrogens with zero attached hydrogens (tertiary/aromatic N) is 1. The number of hydrogen-bond donors (Lipinski definition) is 2. The van der Waals surface area contributed by atoms with Crippen LogP contribution >= 0.6 is 0 Å². The Bertz CT molecular complexity index is 262. The molecule has 2 N–H and O–H groups in total. The van der Waals surface area contributed by atoms with Crippen LogP contribution in [0.15, 0.2) is 24.3 Å². The maximum absolute atomic E-state index is 11.4. The second kappa shape index (κ2) is 3.54. The molecule has 1 aromatic rings. The first-order chi connectivity index (χ1) is 5.36. The topological polar surface area (TPSA) is 47.9 Å². The van der Waals surface area contributed by atoms with E-state index in [2.05, 4.69) is 5.43 Å². The molecule has 0 saturated heterocycles. The molecule has 0 unspecified atom stereocenters. The lowest BCUT2D eigenvalue weighted by molar-refractivity contribution is 0.376. The van der Waals surface area contributed by atoms with E-state index in [1.807, 2.05) is 6.07 Å². The Hall–Kier alpha value is -1.60. The minimum atomic E-state index is 0.550. The van der Waals surface area contributed by atoms with Crippen LogP contribution in [0.5, 0.6) is 0 Å². The summed E-state index contributed by atoms with van der Waals surface area (Å²) in [6.07, 6.45) is 0. The Morgan fingerprint density at radius 2 is 1.91 bits per heavy atom. The van der Waals surface area contributed by atoms with Gasteiger partial charge in [-0.15, -0.1) is 4.48 Å². The Morgan fingerprint density at radius 1 is 1.27 bits per heavy atom. The van der Waals surface area contributed by atoms with Gasteiger partial charge in [-0.3, -0.25) is 5.43 Å². The minimum Gasteiger partial charge on any atom is -0.295 e. The molecule has 0 fully saturated rings. The van der Waals surface area contributed by atoms with Crippen molar-refractivity contribution in [1.82, 2.24) is 5.65 Å². The Labute approximate surface area is 63.4 Å². The van der Waals surface area contributed by atoms with E-state index in [-0.39, 0.29) is 0 Å². The van der Waals surface area contributed by atoms with Gasteiger partial charge in [-0.2, -0.15) is 5.26 Å². The molecular weight excluding hydrogens is 145 g/mol. The quantitative estimate of drug-likeness (QED) is 0.495. The summed E-state index contributed by atoms with van der Waals surface area (Å²) in [5.41, 5.74) is 4.65. The highest BCUT2D eigenvalue weighted by atomic mass is 19.2. The molecule has 0 spiro atoms. The molecule has 11 heavy (non-hydrogen) atoms. The smallest absolute Gasteiger partial charge is 0.0991 e. The number of hydrogen-bond acceptors (Lipinski definition) is 3. The highest BCUT2D eigenvalue weighted by Crippen LogP contribution is 2.06. The van der Waals surface area contributed by atoms with Gasteiger partial charge in [0, 0.05) is 0 Å². The van der Waals surface area contributed by atoms with Crippen molar-refractivity contribution in [2.75, 3.05) is 5.43 Å². The van der Waals surface area contributed by atoms with E-state index in [1.54, 1.807) is 24.3 Å². The van der Waals surface area contributed by atoms with Crippen LogP contribution in [0.1, 0.15) is 5.56 Å². The van der Waals surface area contributed by atoms with Gasteiger partial charge in [0.05, 0.1) is 17.3 Å². The van der Waals surface area contributed by atoms with Crippen LogP contribution in [0.2, 0.25) is 0 Å². The van der Waals surface area contributed by atoms with Gasteiger partial charge < -0.3 is 0 Å². The third-order valence-electron chi connectivity index (χ3n) is 1.21. The van der Waals surface area contributed by atoms with Gasteiger partial charge in [0.15, 0.2) is 0 Å². The van der Waals surface area contributed by atoms with Crippen molar-refractivity contribution in [3.63, 3.8) is 0 Å². The van der Waals surface area contributed by atoms with Crippen LogP contribution in [0.3, 0.4) is 0 Å². The summed E-state index contributed by atoms with van der Waals surface area (Å²) in [4.78, 5) is 0. The molecule has 0 saturated carbocycles. The van der Waals surface area contributed by atoms with E-state index in [0.717, 1.165) is 0 Å². The van der Waals surface area contributed by atoms with Gasteiger partial charge in [0.1, 0.15) is 0 Å². The lowest BCUT2D eigenvalue weighted by atomic mass is 10.2. The summed E-state index contributed by atoms with van der Waals surface area (Å²) in [6.45, 7) is 0. The zero-order chi connectivity index (χ0) is 8.10. The van der Waals surface area contributed by atoms with E-state index in [1.165, 1.54) is 5.65 Å². The fourth-order valence-corrected chi connectivity index (χ4v) is 0.683. The van der Waals surface area contributed by atoms with Crippen molar-refractivity contribution in [1.29, 1.82) is 5.26 Å². The van der Waals surface area contributed by atoms with Gasteiger partial charge in [0.25, 0.3) is 0 Å². The van der Waals surface area contributed by atoms with E-state index in [0.29, 0.717) is 11.3 Å². The molecule has 0 radical (unpaired) electrons. The number of benzene rings is 1. The molecule has 0 aromatic heterocycles. The summed E-state index contributed by atoms with van der Waals surface area (Å²) >= 11 is 0. The number of rotatable bonds is 2. The van der Waals surface area contributed by atoms with E-state index in [9.17, 15) is 4.48 Å². The summed E-state index contributed by atoms with van der Waals surface area (Å²) in [7, 11) is 0. The SMILES string of the molecule is N#Cc1ccc(NNF)cc1. The van der Waals surface area contributed by atoms with Crippen LogP contribution in [0, 0.1) is 11.3 Å². The fraction of sp³-hybridized carbons (Fsp3) is 0. The van der Waals surface area contributed by atoms with Crippen LogP contribution in [-0.2, 0) is 0 Å². The lowest BCUT2D eigenvalue weighted by Crippen LogP contribution is -2.09.